The lowest BCUT2D eigenvalue weighted by atomic mass is 10.2. The van der Waals surface area contributed by atoms with Gasteiger partial charge in [-0.2, -0.15) is 0 Å². The molecule has 0 fully saturated rings. The average Bonchev–Trinajstić information content (AvgIpc) is 2.24. The van der Waals surface area contributed by atoms with Crippen molar-refractivity contribution in [3.63, 3.8) is 0 Å². The maximum absolute atomic E-state index is 10.5. The molecule has 0 aromatic heterocycles. The fraction of sp³-hybridized carbons (Fsp3) is 0.800. The molecule has 3 nitrogen and oxygen atoms in total. The molecule has 0 atom stereocenters. The van der Waals surface area contributed by atoms with Gasteiger partial charge in [-0.05, 0) is 24.6 Å². The molecule has 0 spiro atoms. The third-order valence-electron chi connectivity index (χ3n) is 3.37. The predicted molar refractivity (Wildman–Crippen MR) is 81.4 cm³/mol. The van der Waals surface area contributed by atoms with Crippen LogP contribution in [0.1, 0.15) is 47.0 Å². The summed E-state index contributed by atoms with van der Waals surface area (Å²) in [5.41, 5.74) is 0. The van der Waals surface area contributed by atoms with Gasteiger partial charge >= 0.3 is 5.97 Å². The van der Waals surface area contributed by atoms with Gasteiger partial charge in [0.15, 0.2) is 8.32 Å². The van der Waals surface area contributed by atoms with E-state index in [9.17, 15) is 4.79 Å². The molecule has 0 unspecified atom stereocenters. The molecule has 0 saturated heterocycles. The van der Waals surface area contributed by atoms with Gasteiger partial charge in [0.25, 0.3) is 0 Å². The minimum atomic E-state index is -1.60. The summed E-state index contributed by atoms with van der Waals surface area (Å²) in [6, 6.07) is 0. The van der Waals surface area contributed by atoms with E-state index in [2.05, 4.69) is 45.7 Å². The van der Waals surface area contributed by atoms with Crippen molar-refractivity contribution in [1.29, 1.82) is 0 Å². The van der Waals surface area contributed by atoms with Crippen molar-refractivity contribution in [2.75, 3.05) is 13.2 Å². The molecule has 4 heteroatoms. The van der Waals surface area contributed by atoms with E-state index in [0.717, 1.165) is 19.4 Å². The predicted octanol–water partition coefficient (Wildman–Crippen LogP) is 3.75. The van der Waals surface area contributed by atoms with Gasteiger partial charge in [0, 0.05) is 26.4 Å². The molecule has 19 heavy (non-hydrogen) atoms. The van der Waals surface area contributed by atoms with Crippen LogP contribution in [0.2, 0.25) is 18.1 Å². The molecule has 0 aliphatic heterocycles. The molecule has 0 N–H and O–H groups in total. The number of carbonyl (C=O) groups excluding carboxylic acids is 1. The Morgan fingerprint density at radius 2 is 1.68 bits per heavy atom. The lowest BCUT2D eigenvalue weighted by Crippen LogP contribution is -2.40. The summed E-state index contributed by atoms with van der Waals surface area (Å²) in [5.74, 6) is 5.83. The molecule has 0 aromatic carbocycles. The second-order valence-electron chi connectivity index (χ2n) is 6.16. The second-order valence-corrected chi connectivity index (χ2v) is 11.0. The highest BCUT2D eigenvalue weighted by molar-refractivity contribution is 6.74. The van der Waals surface area contributed by atoms with Crippen molar-refractivity contribution in [3.05, 3.63) is 0 Å². The average molecular weight is 284 g/mol. The van der Waals surface area contributed by atoms with Crippen molar-refractivity contribution < 1.29 is 14.0 Å². The summed E-state index contributed by atoms with van der Waals surface area (Å²) >= 11 is 0. The molecule has 0 amide bonds. The van der Waals surface area contributed by atoms with Crippen LogP contribution in [0.5, 0.6) is 0 Å². The van der Waals surface area contributed by atoms with Crippen molar-refractivity contribution in [2.45, 2.75) is 65.1 Å². The highest BCUT2D eigenvalue weighted by Crippen LogP contribution is 2.36. The van der Waals surface area contributed by atoms with E-state index in [4.69, 9.17) is 9.16 Å². The first-order valence-corrected chi connectivity index (χ1v) is 9.81. The van der Waals surface area contributed by atoms with Crippen LogP contribution in [0.3, 0.4) is 0 Å². The van der Waals surface area contributed by atoms with Crippen molar-refractivity contribution in [2.24, 2.45) is 0 Å². The molecule has 0 aliphatic rings. The molecule has 0 bridgehead atoms. The molecule has 0 radical (unpaired) electrons. The van der Waals surface area contributed by atoms with E-state index in [1.807, 2.05) is 0 Å². The number of unbranched alkanes of at least 4 members (excludes halogenated alkanes) is 1. The Labute approximate surface area is 119 Å². The quantitative estimate of drug-likeness (QED) is 0.322. The third-order valence-corrected chi connectivity index (χ3v) is 7.91. The minimum Gasteiger partial charge on any atom is -0.465 e. The topological polar surface area (TPSA) is 35.5 Å². The summed E-state index contributed by atoms with van der Waals surface area (Å²) in [4.78, 5) is 10.5. The van der Waals surface area contributed by atoms with Gasteiger partial charge in [-0.15, -0.1) is 5.92 Å². The van der Waals surface area contributed by atoms with Crippen LogP contribution >= 0.6 is 0 Å². The summed E-state index contributed by atoms with van der Waals surface area (Å²) in [7, 11) is -1.60. The third kappa shape index (κ3) is 8.85. The van der Waals surface area contributed by atoms with Crippen LogP contribution in [0.15, 0.2) is 0 Å². The van der Waals surface area contributed by atoms with E-state index in [1.54, 1.807) is 0 Å². The molecule has 0 aliphatic carbocycles. The lowest BCUT2D eigenvalue weighted by Gasteiger charge is -2.36. The molecule has 110 valence electrons. The van der Waals surface area contributed by atoms with Crippen LogP contribution in [-0.4, -0.2) is 27.5 Å². The SMILES string of the molecule is CC(=O)OCCC#CCCCO[Si](C)(C)C(C)(C)C. The number of rotatable bonds is 6. The Bertz CT molecular complexity index is 332. The normalized spacial score (nSPS) is 11.7. The molecule has 0 saturated carbocycles. The molecule has 0 heterocycles. The van der Waals surface area contributed by atoms with E-state index in [0.29, 0.717) is 13.0 Å². The molecule has 0 rings (SSSR count). The van der Waals surface area contributed by atoms with Crippen molar-refractivity contribution >= 4 is 14.3 Å². The number of ether oxygens (including phenoxy) is 1. The maximum Gasteiger partial charge on any atom is 0.302 e. The fourth-order valence-electron chi connectivity index (χ4n) is 1.13. The largest absolute Gasteiger partial charge is 0.465 e. The van der Waals surface area contributed by atoms with E-state index < -0.39 is 8.32 Å². The molecular formula is C15H28O3Si. The van der Waals surface area contributed by atoms with Gasteiger partial charge in [0.2, 0.25) is 0 Å². The molecule has 0 aromatic rings. The smallest absolute Gasteiger partial charge is 0.302 e. The summed E-state index contributed by atoms with van der Waals surface area (Å²) in [6.45, 7) is 13.8. The highest BCUT2D eigenvalue weighted by atomic mass is 28.4. The van der Waals surface area contributed by atoms with Crippen LogP contribution in [0.4, 0.5) is 0 Å². The monoisotopic (exact) mass is 284 g/mol. The Balaban J connectivity index is 3.66. The van der Waals surface area contributed by atoms with Gasteiger partial charge in [-0.3, -0.25) is 4.79 Å². The van der Waals surface area contributed by atoms with Crippen LogP contribution in [0.25, 0.3) is 0 Å². The van der Waals surface area contributed by atoms with Crippen LogP contribution in [0, 0.1) is 11.8 Å². The summed E-state index contributed by atoms with van der Waals surface area (Å²) in [5, 5.41) is 0.267. The Kier molecular flexibility index (Phi) is 8.04. The zero-order valence-corrected chi connectivity index (χ0v) is 14.3. The number of carbonyl (C=O) groups is 1. The van der Waals surface area contributed by atoms with Gasteiger partial charge in [-0.1, -0.05) is 26.7 Å². The first-order chi connectivity index (χ1) is 8.67. The van der Waals surface area contributed by atoms with Crippen molar-refractivity contribution in [1.82, 2.24) is 0 Å². The maximum atomic E-state index is 10.5. The first-order valence-electron chi connectivity index (χ1n) is 6.90. The van der Waals surface area contributed by atoms with Crippen LogP contribution in [-0.2, 0) is 14.0 Å². The van der Waals surface area contributed by atoms with Gasteiger partial charge < -0.3 is 9.16 Å². The lowest BCUT2D eigenvalue weighted by molar-refractivity contribution is -0.140. The number of hydrogen-bond acceptors (Lipinski definition) is 3. The Morgan fingerprint density at radius 3 is 2.21 bits per heavy atom. The second kappa shape index (κ2) is 8.39. The minimum absolute atomic E-state index is 0.246. The standard InChI is InChI=1S/C15H28O3Si/c1-14(16)17-12-10-8-7-9-11-13-18-19(5,6)15(2,3)4/h9-13H2,1-6H3. The Morgan fingerprint density at radius 1 is 1.11 bits per heavy atom. The number of hydrogen-bond donors (Lipinski definition) is 0. The van der Waals surface area contributed by atoms with Gasteiger partial charge in [-0.25, -0.2) is 0 Å². The van der Waals surface area contributed by atoms with Crippen molar-refractivity contribution in [3.8, 4) is 11.8 Å². The van der Waals surface area contributed by atoms with E-state index in [1.165, 1.54) is 6.92 Å². The fourth-order valence-corrected chi connectivity index (χ4v) is 2.21. The van der Waals surface area contributed by atoms with E-state index in [-0.39, 0.29) is 11.0 Å². The zero-order valence-electron chi connectivity index (χ0n) is 13.3. The highest BCUT2D eigenvalue weighted by Gasteiger charge is 2.36. The first kappa shape index (κ1) is 18.2. The van der Waals surface area contributed by atoms with Gasteiger partial charge in [0.1, 0.15) is 6.61 Å². The molecular weight excluding hydrogens is 256 g/mol. The van der Waals surface area contributed by atoms with Crippen LogP contribution < -0.4 is 0 Å². The number of esters is 1. The van der Waals surface area contributed by atoms with E-state index >= 15 is 0 Å². The zero-order chi connectivity index (χ0) is 14.9. The van der Waals surface area contributed by atoms with Gasteiger partial charge in [0.05, 0.1) is 0 Å². The Hall–Kier alpha value is -0.793. The summed E-state index contributed by atoms with van der Waals surface area (Å²) in [6.07, 6.45) is 2.42. The summed E-state index contributed by atoms with van der Waals surface area (Å²) < 4.78 is 10.8.